The van der Waals surface area contributed by atoms with Crippen LogP contribution >= 0.6 is 0 Å². The zero-order valence-electron chi connectivity index (χ0n) is 5.03. The molecule has 0 aromatic heterocycles. The summed E-state index contributed by atoms with van der Waals surface area (Å²) in [7, 11) is 0. The summed E-state index contributed by atoms with van der Waals surface area (Å²) in [6.07, 6.45) is -0.947. The third-order valence-electron chi connectivity index (χ3n) is 0.933. The van der Waals surface area contributed by atoms with Crippen molar-refractivity contribution < 1.29 is 15.1 Å². The summed E-state index contributed by atoms with van der Waals surface area (Å²) in [5, 5.41) is 16.6. The smallest absolute Gasteiger partial charge is 0.262 e. The van der Waals surface area contributed by atoms with Crippen molar-refractivity contribution in [2.75, 3.05) is 0 Å². The maximum Gasteiger partial charge on any atom is 0.262 e. The number of nitrogens with one attached hydrogen (secondary N) is 1. The fraction of sp³-hybridized carbons (Fsp3) is 0.750. The topological polar surface area (TPSA) is 95.6 Å². The van der Waals surface area contributed by atoms with Gasteiger partial charge in [-0.3, -0.25) is 10.0 Å². The van der Waals surface area contributed by atoms with E-state index in [9.17, 15) is 4.79 Å². The molecule has 5 N–H and O–H groups in total. The number of nitrogens with two attached hydrogens (primary N) is 1. The standard InChI is InChI=1S/C4H10N2O3/c1-2(7)3(5)4(8)6-9/h2-3,7,9H,5H2,1H3,(H,6,8)/t2-,3+/m0/s1. The summed E-state index contributed by atoms with van der Waals surface area (Å²) < 4.78 is 0. The lowest BCUT2D eigenvalue weighted by molar-refractivity contribution is -0.132. The lowest BCUT2D eigenvalue weighted by Crippen LogP contribution is -2.46. The molecule has 0 aliphatic rings. The van der Waals surface area contributed by atoms with Crippen molar-refractivity contribution in [3.8, 4) is 0 Å². The predicted octanol–water partition coefficient (Wildman–Crippen LogP) is -1.80. The third-order valence-corrected chi connectivity index (χ3v) is 0.933. The molecule has 5 nitrogen and oxygen atoms in total. The van der Waals surface area contributed by atoms with Gasteiger partial charge in [-0.1, -0.05) is 0 Å². The minimum atomic E-state index is -1.06. The molecule has 0 saturated carbocycles. The quantitative estimate of drug-likeness (QED) is 0.264. The molecule has 0 rings (SSSR count). The number of hydrogen-bond donors (Lipinski definition) is 4. The zero-order valence-corrected chi connectivity index (χ0v) is 5.03. The van der Waals surface area contributed by atoms with Gasteiger partial charge in [-0.2, -0.15) is 0 Å². The largest absolute Gasteiger partial charge is 0.391 e. The van der Waals surface area contributed by atoms with Crippen LogP contribution in [0, 0.1) is 0 Å². The van der Waals surface area contributed by atoms with Crippen LogP contribution < -0.4 is 11.2 Å². The van der Waals surface area contributed by atoms with Crippen molar-refractivity contribution >= 4 is 5.91 Å². The van der Waals surface area contributed by atoms with E-state index in [4.69, 9.17) is 16.0 Å². The van der Waals surface area contributed by atoms with Crippen molar-refractivity contribution in [2.24, 2.45) is 5.73 Å². The van der Waals surface area contributed by atoms with E-state index in [-0.39, 0.29) is 0 Å². The molecule has 0 spiro atoms. The number of amides is 1. The number of rotatable bonds is 2. The first-order valence-electron chi connectivity index (χ1n) is 2.47. The second-order valence-electron chi connectivity index (χ2n) is 1.74. The number of aliphatic hydroxyl groups excluding tert-OH is 1. The average molecular weight is 134 g/mol. The van der Waals surface area contributed by atoms with Gasteiger partial charge >= 0.3 is 0 Å². The van der Waals surface area contributed by atoms with Gasteiger partial charge in [0.15, 0.2) is 0 Å². The third kappa shape index (κ3) is 2.41. The molecule has 0 radical (unpaired) electrons. The highest BCUT2D eigenvalue weighted by atomic mass is 16.5. The Kier molecular flexibility index (Phi) is 3.15. The van der Waals surface area contributed by atoms with E-state index in [0.717, 1.165) is 0 Å². The van der Waals surface area contributed by atoms with Crippen molar-refractivity contribution in [3.05, 3.63) is 0 Å². The van der Waals surface area contributed by atoms with E-state index < -0.39 is 18.1 Å². The first-order chi connectivity index (χ1) is 4.09. The molecule has 9 heavy (non-hydrogen) atoms. The van der Waals surface area contributed by atoms with E-state index >= 15 is 0 Å². The van der Waals surface area contributed by atoms with Gasteiger partial charge in [0.25, 0.3) is 5.91 Å². The first-order valence-corrected chi connectivity index (χ1v) is 2.47. The molecule has 5 heteroatoms. The fourth-order valence-electron chi connectivity index (χ4n) is 0.294. The molecule has 54 valence electrons. The van der Waals surface area contributed by atoms with Gasteiger partial charge in [0.2, 0.25) is 0 Å². The first kappa shape index (κ1) is 8.35. The normalized spacial score (nSPS) is 16.4. The molecular weight excluding hydrogens is 124 g/mol. The molecule has 0 fully saturated rings. The maximum absolute atomic E-state index is 10.3. The highest BCUT2D eigenvalue weighted by Crippen LogP contribution is 1.86. The number of hydrogen-bond acceptors (Lipinski definition) is 4. The predicted molar refractivity (Wildman–Crippen MR) is 29.6 cm³/mol. The lowest BCUT2D eigenvalue weighted by Gasteiger charge is -2.10. The van der Waals surface area contributed by atoms with Gasteiger partial charge in [0.05, 0.1) is 6.10 Å². The summed E-state index contributed by atoms with van der Waals surface area (Å²) >= 11 is 0. The Labute approximate surface area is 52.4 Å². The SMILES string of the molecule is C[C@H](O)[C@@H](N)C(=O)NO. The molecule has 1 amide bonds. The van der Waals surface area contributed by atoms with Crippen LogP contribution in [-0.4, -0.2) is 28.4 Å². The van der Waals surface area contributed by atoms with E-state index in [0.29, 0.717) is 0 Å². The molecule has 0 aliphatic carbocycles. The van der Waals surface area contributed by atoms with Crippen LogP contribution in [0.25, 0.3) is 0 Å². The van der Waals surface area contributed by atoms with E-state index in [2.05, 4.69) is 0 Å². The van der Waals surface area contributed by atoms with E-state index in [1.54, 1.807) is 0 Å². The zero-order chi connectivity index (χ0) is 7.44. The lowest BCUT2D eigenvalue weighted by atomic mass is 10.2. The number of hydroxylamine groups is 1. The molecule has 0 unspecified atom stereocenters. The van der Waals surface area contributed by atoms with Crippen molar-refractivity contribution in [1.82, 2.24) is 5.48 Å². The van der Waals surface area contributed by atoms with Gasteiger partial charge in [-0.15, -0.1) is 0 Å². The Morgan fingerprint density at radius 3 is 2.33 bits per heavy atom. The molecular formula is C4H10N2O3. The van der Waals surface area contributed by atoms with E-state index in [1.807, 2.05) is 0 Å². The molecule has 0 saturated heterocycles. The summed E-state index contributed by atoms with van der Waals surface area (Å²) in [5.74, 6) is -0.787. The minimum absolute atomic E-state index is 0.787. The summed E-state index contributed by atoms with van der Waals surface area (Å²) in [6.45, 7) is 1.36. The average Bonchev–Trinajstić information content (AvgIpc) is 1.84. The van der Waals surface area contributed by atoms with Gasteiger partial charge in [0, 0.05) is 0 Å². The van der Waals surface area contributed by atoms with Crippen LogP contribution in [-0.2, 0) is 4.79 Å². The summed E-state index contributed by atoms with van der Waals surface area (Å²) in [4.78, 5) is 10.3. The van der Waals surface area contributed by atoms with Crippen molar-refractivity contribution in [1.29, 1.82) is 0 Å². The maximum atomic E-state index is 10.3. The van der Waals surface area contributed by atoms with Gasteiger partial charge in [-0.25, -0.2) is 5.48 Å². The molecule has 0 bridgehead atoms. The Hall–Kier alpha value is -0.650. The Balaban J connectivity index is 3.72. The molecule has 0 aromatic rings. The second kappa shape index (κ2) is 3.39. The van der Waals surface area contributed by atoms with Gasteiger partial charge in [-0.05, 0) is 6.92 Å². The fourth-order valence-corrected chi connectivity index (χ4v) is 0.294. The summed E-state index contributed by atoms with van der Waals surface area (Å²) in [6, 6.07) is -1.06. The highest BCUT2D eigenvalue weighted by Gasteiger charge is 2.17. The van der Waals surface area contributed by atoms with Crippen molar-refractivity contribution in [2.45, 2.75) is 19.1 Å². The minimum Gasteiger partial charge on any atom is -0.391 e. The number of aliphatic hydroxyl groups is 1. The van der Waals surface area contributed by atoms with Crippen LogP contribution in [0.4, 0.5) is 0 Å². The van der Waals surface area contributed by atoms with Crippen LogP contribution in [0.15, 0.2) is 0 Å². The Morgan fingerprint density at radius 2 is 2.22 bits per heavy atom. The molecule has 0 aliphatic heterocycles. The molecule has 0 heterocycles. The second-order valence-corrected chi connectivity index (χ2v) is 1.74. The Bertz CT molecular complexity index is 104. The van der Waals surface area contributed by atoms with Crippen LogP contribution in [0.3, 0.4) is 0 Å². The molecule has 2 atom stereocenters. The van der Waals surface area contributed by atoms with E-state index in [1.165, 1.54) is 12.4 Å². The van der Waals surface area contributed by atoms with Crippen LogP contribution in [0.2, 0.25) is 0 Å². The van der Waals surface area contributed by atoms with Crippen LogP contribution in [0.1, 0.15) is 6.92 Å². The highest BCUT2D eigenvalue weighted by molar-refractivity contribution is 5.80. The summed E-state index contributed by atoms with van der Waals surface area (Å²) in [5.41, 5.74) is 6.37. The number of carbonyl (C=O) groups excluding carboxylic acids is 1. The van der Waals surface area contributed by atoms with Gasteiger partial charge in [0.1, 0.15) is 6.04 Å². The monoisotopic (exact) mass is 134 g/mol. The van der Waals surface area contributed by atoms with Crippen LogP contribution in [0.5, 0.6) is 0 Å². The van der Waals surface area contributed by atoms with Crippen molar-refractivity contribution in [3.63, 3.8) is 0 Å². The number of carbonyl (C=O) groups is 1. The molecule has 0 aromatic carbocycles. The van der Waals surface area contributed by atoms with Gasteiger partial charge < -0.3 is 10.8 Å². The Morgan fingerprint density at radius 1 is 1.78 bits per heavy atom.